The number of morpholine rings is 1. The van der Waals surface area contributed by atoms with E-state index in [-0.39, 0.29) is 24.4 Å². The van der Waals surface area contributed by atoms with Gasteiger partial charge in [-0.3, -0.25) is 9.89 Å². The molecule has 0 saturated carbocycles. The Balaban J connectivity index is 0.00000225. The van der Waals surface area contributed by atoms with Crippen molar-refractivity contribution in [3.8, 4) is 11.3 Å². The number of hydrogen-bond donors (Lipinski definition) is 3. The van der Waals surface area contributed by atoms with Gasteiger partial charge < -0.3 is 15.4 Å². The van der Waals surface area contributed by atoms with Gasteiger partial charge >= 0.3 is 0 Å². The first kappa shape index (κ1) is 20.4. The van der Waals surface area contributed by atoms with Gasteiger partial charge in [-0.25, -0.2) is 0 Å². The lowest BCUT2D eigenvalue weighted by atomic mass is 10.1. The second kappa shape index (κ2) is 9.21. The van der Waals surface area contributed by atoms with E-state index in [0.717, 1.165) is 24.2 Å². The number of amides is 1. The smallest absolute Gasteiger partial charge is 0.273 e. The maximum absolute atomic E-state index is 12.5. The summed E-state index contributed by atoms with van der Waals surface area (Å²) in [6.07, 6.45) is 0.0503. The molecule has 28 heavy (non-hydrogen) atoms. The summed E-state index contributed by atoms with van der Waals surface area (Å²) in [7, 11) is 0. The summed E-state index contributed by atoms with van der Waals surface area (Å²) >= 11 is 6.19. The minimum Gasteiger partial charge on any atom is -0.371 e. The van der Waals surface area contributed by atoms with E-state index in [9.17, 15) is 4.79 Å². The number of H-pyrrole nitrogens is 1. The Hall–Kier alpha value is -2.38. The summed E-state index contributed by atoms with van der Waals surface area (Å²) in [6.45, 7) is 2.38. The topological polar surface area (TPSA) is 79.0 Å². The Morgan fingerprint density at radius 3 is 2.68 bits per heavy atom. The van der Waals surface area contributed by atoms with Crippen molar-refractivity contribution in [3.63, 3.8) is 0 Å². The van der Waals surface area contributed by atoms with Crippen LogP contribution >= 0.6 is 24.0 Å². The second-order valence-electron chi connectivity index (χ2n) is 6.29. The van der Waals surface area contributed by atoms with Crippen molar-refractivity contribution in [1.29, 1.82) is 0 Å². The number of carbonyl (C=O) groups is 1. The Morgan fingerprint density at radius 2 is 1.96 bits per heavy atom. The Labute approximate surface area is 174 Å². The van der Waals surface area contributed by atoms with Crippen LogP contribution in [0.25, 0.3) is 11.3 Å². The van der Waals surface area contributed by atoms with Crippen LogP contribution in [-0.4, -0.2) is 35.8 Å². The molecule has 1 saturated heterocycles. The fourth-order valence-electron chi connectivity index (χ4n) is 3.00. The number of ether oxygens (including phenoxy) is 1. The van der Waals surface area contributed by atoms with E-state index >= 15 is 0 Å². The predicted molar refractivity (Wildman–Crippen MR) is 112 cm³/mol. The van der Waals surface area contributed by atoms with Crippen LogP contribution in [0.15, 0.2) is 54.6 Å². The van der Waals surface area contributed by atoms with Gasteiger partial charge in [0.05, 0.1) is 23.4 Å². The number of anilines is 1. The zero-order valence-corrected chi connectivity index (χ0v) is 16.5. The number of carbonyl (C=O) groups excluding carboxylic acids is 1. The maximum Gasteiger partial charge on any atom is 0.273 e. The second-order valence-corrected chi connectivity index (χ2v) is 6.69. The molecule has 0 aliphatic carbocycles. The maximum atomic E-state index is 12.5. The number of nitrogens with one attached hydrogen (secondary N) is 3. The number of rotatable bonds is 4. The quantitative estimate of drug-likeness (QED) is 0.596. The van der Waals surface area contributed by atoms with Gasteiger partial charge in [-0.15, -0.1) is 12.4 Å². The molecule has 2 heterocycles. The van der Waals surface area contributed by atoms with Crippen molar-refractivity contribution in [3.05, 3.63) is 70.9 Å². The summed E-state index contributed by atoms with van der Waals surface area (Å²) in [5.41, 5.74) is 3.57. The molecular weight excluding hydrogens is 399 g/mol. The number of aromatic nitrogens is 2. The zero-order valence-electron chi connectivity index (χ0n) is 14.9. The third-order valence-electron chi connectivity index (χ3n) is 4.44. The van der Waals surface area contributed by atoms with Crippen molar-refractivity contribution >= 4 is 35.6 Å². The number of benzene rings is 2. The van der Waals surface area contributed by atoms with E-state index in [2.05, 4.69) is 20.8 Å². The highest BCUT2D eigenvalue weighted by molar-refractivity contribution is 6.33. The van der Waals surface area contributed by atoms with Crippen molar-refractivity contribution < 1.29 is 9.53 Å². The van der Waals surface area contributed by atoms with E-state index < -0.39 is 0 Å². The molecule has 1 amide bonds. The summed E-state index contributed by atoms with van der Waals surface area (Å²) in [4.78, 5) is 12.5. The van der Waals surface area contributed by atoms with Crippen LogP contribution in [-0.2, 0) is 4.74 Å². The van der Waals surface area contributed by atoms with Crippen molar-refractivity contribution in [2.45, 2.75) is 6.10 Å². The molecule has 0 unspecified atom stereocenters. The summed E-state index contributed by atoms with van der Waals surface area (Å²) in [5, 5.41) is 13.7. The Morgan fingerprint density at radius 1 is 1.18 bits per heavy atom. The monoisotopic (exact) mass is 418 g/mol. The number of halogens is 2. The molecule has 3 N–H and O–H groups in total. The van der Waals surface area contributed by atoms with Crippen molar-refractivity contribution in [2.24, 2.45) is 0 Å². The zero-order chi connectivity index (χ0) is 18.6. The fourth-order valence-corrected chi connectivity index (χ4v) is 3.24. The number of aromatic amines is 1. The van der Waals surface area contributed by atoms with E-state index in [1.807, 2.05) is 42.5 Å². The molecule has 0 radical (unpaired) electrons. The van der Waals surface area contributed by atoms with E-state index in [1.165, 1.54) is 0 Å². The van der Waals surface area contributed by atoms with Crippen LogP contribution in [0.3, 0.4) is 0 Å². The largest absolute Gasteiger partial charge is 0.371 e. The molecule has 0 spiro atoms. The Kier molecular flexibility index (Phi) is 6.70. The normalized spacial score (nSPS) is 16.2. The third kappa shape index (κ3) is 4.54. The summed E-state index contributed by atoms with van der Waals surface area (Å²) in [6, 6.07) is 16.7. The van der Waals surface area contributed by atoms with E-state index in [4.69, 9.17) is 16.3 Å². The van der Waals surface area contributed by atoms with Crippen molar-refractivity contribution in [1.82, 2.24) is 15.5 Å². The molecule has 8 heteroatoms. The molecule has 6 nitrogen and oxygen atoms in total. The molecule has 3 aromatic rings. The molecule has 2 aromatic carbocycles. The molecular formula is C20H20Cl2N4O2. The molecule has 1 fully saturated rings. The minimum atomic E-state index is -0.260. The minimum absolute atomic E-state index is 0. The van der Waals surface area contributed by atoms with Crippen LogP contribution in [0.2, 0.25) is 5.02 Å². The number of nitrogens with zero attached hydrogens (tertiary/aromatic N) is 1. The van der Waals surface area contributed by atoms with Crippen LogP contribution in [0.5, 0.6) is 0 Å². The van der Waals surface area contributed by atoms with Crippen molar-refractivity contribution in [2.75, 3.05) is 25.0 Å². The first-order chi connectivity index (χ1) is 13.2. The first-order valence-corrected chi connectivity index (χ1v) is 9.12. The fraction of sp³-hybridized carbons (Fsp3) is 0.200. The predicted octanol–water partition coefficient (Wildman–Crippen LogP) is 4.07. The molecule has 1 aliphatic heterocycles. The van der Waals surface area contributed by atoms with Gasteiger partial charge in [0.1, 0.15) is 5.69 Å². The average molecular weight is 419 g/mol. The van der Waals surface area contributed by atoms with Gasteiger partial charge in [0.25, 0.3) is 5.91 Å². The highest BCUT2D eigenvalue weighted by Crippen LogP contribution is 2.26. The SMILES string of the molecule is Cl.O=C(Nc1ccc([C@@H]2CNCCO2)cc1)c1cc(-c2ccccc2Cl)n[nH]1. The highest BCUT2D eigenvalue weighted by atomic mass is 35.5. The molecule has 1 atom stereocenters. The van der Waals surface area contributed by atoms with Crippen LogP contribution in [0, 0.1) is 0 Å². The molecule has 146 valence electrons. The van der Waals surface area contributed by atoms with E-state index in [0.29, 0.717) is 28.7 Å². The summed E-state index contributed by atoms with van der Waals surface area (Å²) < 4.78 is 5.73. The van der Waals surface area contributed by atoms with Gasteiger partial charge in [0.15, 0.2) is 0 Å². The standard InChI is InChI=1S/C20H19ClN4O2.ClH/c21-16-4-2-1-3-15(16)17-11-18(25-24-17)20(26)23-14-7-5-13(6-8-14)19-12-22-9-10-27-19;/h1-8,11,19,22H,9-10,12H2,(H,23,26)(H,24,25);1H/t19-;/m0./s1. The van der Waals surface area contributed by atoms with Gasteiger partial charge in [0, 0.05) is 24.3 Å². The third-order valence-corrected chi connectivity index (χ3v) is 4.77. The molecule has 4 rings (SSSR count). The molecule has 0 bridgehead atoms. The number of hydrogen-bond acceptors (Lipinski definition) is 4. The highest BCUT2D eigenvalue weighted by Gasteiger charge is 2.16. The van der Waals surface area contributed by atoms with E-state index in [1.54, 1.807) is 12.1 Å². The van der Waals surface area contributed by atoms with Gasteiger partial charge in [-0.05, 0) is 29.8 Å². The molecule has 1 aliphatic rings. The van der Waals surface area contributed by atoms with Crippen LogP contribution in [0.1, 0.15) is 22.2 Å². The van der Waals surface area contributed by atoms with Crippen LogP contribution < -0.4 is 10.6 Å². The lowest BCUT2D eigenvalue weighted by Gasteiger charge is -2.24. The van der Waals surface area contributed by atoms with Crippen LogP contribution in [0.4, 0.5) is 5.69 Å². The van der Waals surface area contributed by atoms with Gasteiger partial charge in [-0.2, -0.15) is 5.10 Å². The average Bonchev–Trinajstić information content (AvgIpc) is 3.20. The lowest BCUT2D eigenvalue weighted by molar-refractivity contribution is 0.0277. The summed E-state index contributed by atoms with van der Waals surface area (Å²) in [5.74, 6) is -0.260. The van der Waals surface area contributed by atoms with Gasteiger partial charge in [-0.1, -0.05) is 41.9 Å². The first-order valence-electron chi connectivity index (χ1n) is 8.74. The molecule has 1 aromatic heterocycles. The lowest BCUT2D eigenvalue weighted by Crippen LogP contribution is -2.33. The van der Waals surface area contributed by atoms with Gasteiger partial charge in [0.2, 0.25) is 0 Å². The Bertz CT molecular complexity index is 937.